The Bertz CT molecular complexity index is 1120. The van der Waals surface area contributed by atoms with Crippen molar-refractivity contribution in [1.82, 2.24) is 14.7 Å². The third kappa shape index (κ3) is 6.42. The summed E-state index contributed by atoms with van der Waals surface area (Å²) in [5, 5.41) is 7.70. The molecule has 0 aliphatic carbocycles. The number of carbonyl (C=O) groups excluding carboxylic acids is 2. The van der Waals surface area contributed by atoms with E-state index in [2.05, 4.69) is 26.1 Å². The molecule has 0 saturated carbocycles. The molecular formula is C27H32N4O2. The summed E-state index contributed by atoms with van der Waals surface area (Å²) in [5.41, 5.74) is 3.63. The highest BCUT2D eigenvalue weighted by molar-refractivity contribution is 5.97. The molecule has 3 aromatic rings. The zero-order chi connectivity index (χ0) is 24.0. The molecule has 0 saturated heterocycles. The van der Waals surface area contributed by atoms with Crippen LogP contribution in [0.4, 0.5) is 5.82 Å². The molecule has 0 aliphatic rings. The van der Waals surface area contributed by atoms with Crippen molar-refractivity contribution in [2.75, 3.05) is 18.4 Å². The van der Waals surface area contributed by atoms with E-state index in [0.717, 1.165) is 22.5 Å². The fraction of sp³-hybridized carbons (Fsp3) is 0.296. The number of aromatic nitrogens is 2. The minimum absolute atomic E-state index is 0.0433. The molecule has 6 nitrogen and oxygen atoms in total. The number of aryl methyl sites for hydroxylation is 1. The van der Waals surface area contributed by atoms with Gasteiger partial charge in [-0.05, 0) is 37.6 Å². The predicted octanol–water partition coefficient (Wildman–Crippen LogP) is 4.98. The maximum absolute atomic E-state index is 12.9. The Morgan fingerprint density at radius 1 is 1.06 bits per heavy atom. The van der Waals surface area contributed by atoms with Gasteiger partial charge in [-0.25, -0.2) is 4.68 Å². The largest absolute Gasteiger partial charge is 0.330 e. The molecule has 0 fully saturated rings. The summed E-state index contributed by atoms with van der Waals surface area (Å²) in [6, 6.07) is 19.5. The van der Waals surface area contributed by atoms with Gasteiger partial charge in [0.2, 0.25) is 11.8 Å². The molecule has 33 heavy (non-hydrogen) atoms. The average molecular weight is 445 g/mol. The Kier molecular flexibility index (Phi) is 7.48. The van der Waals surface area contributed by atoms with Crippen LogP contribution in [0.2, 0.25) is 0 Å². The minimum Gasteiger partial charge on any atom is -0.330 e. The van der Waals surface area contributed by atoms with E-state index >= 15 is 0 Å². The van der Waals surface area contributed by atoms with Crippen LogP contribution in [0.3, 0.4) is 0 Å². The Balaban J connectivity index is 1.76. The number of likely N-dealkylation sites (N-methyl/N-ethyl adjacent to an activating group) is 1. The van der Waals surface area contributed by atoms with Crippen LogP contribution in [0.25, 0.3) is 11.8 Å². The van der Waals surface area contributed by atoms with Crippen LogP contribution in [0.1, 0.15) is 44.5 Å². The van der Waals surface area contributed by atoms with E-state index in [-0.39, 0.29) is 23.8 Å². The first kappa shape index (κ1) is 24.0. The molecule has 172 valence electrons. The molecule has 2 amide bonds. The Labute approximate surface area is 195 Å². The van der Waals surface area contributed by atoms with Gasteiger partial charge in [-0.2, -0.15) is 5.10 Å². The molecule has 1 heterocycles. The first-order chi connectivity index (χ1) is 15.7. The lowest BCUT2D eigenvalue weighted by molar-refractivity contribution is -0.130. The molecule has 0 aliphatic heterocycles. The van der Waals surface area contributed by atoms with E-state index in [1.54, 1.807) is 10.8 Å². The van der Waals surface area contributed by atoms with Crippen LogP contribution in [0.5, 0.6) is 0 Å². The number of benzene rings is 2. The topological polar surface area (TPSA) is 67.2 Å². The second-order valence-corrected chi connectivity index (χ2v) is 9.06. The SMILES string of the molecule is CCN(CC(=O)Nc1cc(C(C)(C)C)nn1-c1ccc(C)cc1)C(=O)C=Cc1ccccc1. The molecule has 1 aromatic heterocycles. The molecule has 2 aromatic carbocycles. The van der Waals surface area contributed by atoms with E-state index < -0.39 is 0 Å². The molecule has 3 rings (SSSR count). The van der Waals surface area contributed by atoms with Gasteiger partial charge < -0.3 is 10.2 Å². The number of nitrogens with one attached hydrogen (secondary N) is 1. The Morgan fingerprint density at radius 3 is 2.33 bits per heavy atom. The predicted molar refractivity (Wildman–Crippen MR) is 133 cm³/mol. The summed E-state index contributed by atoms with van der Waals surface area (Å²) in [6.07, 6.45) is 3.26. The van der Waals surface area contributed by atoms with Gasteiger partial charge in [0.15, 0.2) is 0 Å². The fourth-order valence-corrected chi connectivity index (χ4v) is 3.26. The van der Waals surface area contributed by atoms with E-state index in [1.807, 2.05) is 74.5 Å². The quantitative estimate of drug-likeness (QED) is 0.523. The van der Waals surface area contributed by atoms with Gasteiger partial charge in [0.25, 0.3) is 0 Å². The number of nitrogens with zero attached hydrogens (tertiary/aromatic N) is 3. The van der Waals surface area contributed by atoms with E-state index in [0.29, 0.717) is 12.4 Å². The number of carbonyl (C=O) groups is 2. The Hall–Kier alpha value is -3.67. The molecule has 0 bridgehead atoms. The number of rotatable bonds is 7. The smallest absolute Gasteiger partial charge is 0.247 e. The highest BCUT2D eigenvalue weighted by Crippen LogP contribution is 2.26. The third-order valence-corrected chi connectivity index (χ3v) is 5.27. The summed E-state index contributed by atoms with van der Waals surface area (Å²) in [7, 11) is 0. The fourth-order valence-electron chi connectivity index (χ4n) is 3.26. The highest BCUT2D eigenvalue weighted by atomic mass is 16.2. The van der Waals surface area contributed by atoms with Crippen LogP contribution in [0, 0.1) is 6.92 Å². The van der Waals surface area contributed by atoms with Crippen molar-refractivity contribution in [2.45, 2.75) is 40.0 Å². The van der Waals surface area contributed by atoms with E-state index in [9.17, 15) is 9.59 Å². The normalized spacial score (nSPS) is 11.5. The van der Waals surface area contributed by atoms with Crippen molar-refractivity contribution in [2.24, 2.45) is 0 Å². The summed E-state index contributed by atoms with van der Waals surface area (Å²) >= 11 is 0. The van der Waals surface area contributed by atoms with Gasteiger partial charge >= 0.3 is 0 Å². The average Bonchev–Trinajstić information content (AvgIpc) is 3.21. The van der Waals surface area contributed by atoms with Crippen LogP contribution in [-0.4, -0.2) is 39.6 Å². The van der Waals surface area contributed by atoms with Crippen molar-refractivity contribution < 1.29 is 9.59 Å². The summed E-state index contributed by atoms with van der Waals surface area (Å²) in [4.78, 5) is 27.0. The molecule has 0 spiro atoms. The van der Waals surface area contributed by atoms with Gasteiger partial charge in [0, 0.05) is 24.1 Å². The zero-order valence-corrected chi connectivity index (χ0v) is 20.0. The van der Waals surface area contributed by atoms with Crippen LogP contribution < -0.4 is 5.32 Å². The minimum atomic E-state index is -0.271. The standard InChI is InChI=1S/C27H32N4O2/c1-6-30(26(33)17-14-21-10-8-7-9-11-21)19-25(32)28-24-18-23(27(3,4)5)29-31(24)22-15-12-20(2)13-16-22/h7-18H,6,19H2,1-5H3,(H,28,32). The first-order valence-corrected chi connectivity index (χ1v) is 11.2. The van der Waals surface area contributed by atoms with E-state index in [4.69, 9.17) is 5.10 Å². The summed E-state index contributed by atoms with van der Waals surface area (Å²) in [5.74, 6) is 0.100. The first-order valence-electron chi connectivity index (χ1n) is 11.2. The zero-order valence-electron chi connectivity index (χ0n) is 20.0. The van der Waals surface area contributed by atoms with Crippen LogP contribution >= 0.6 is 0 Å². The second kappa shape index (κ2) is 10.3. The lowest BCUT2D eigenvalue weighted by Gasteiger charge is -2.19. The molecule has 1 N–H and O–H groups in total. The van der Waals surface area contributed by atoms with Crippen molar-refractivity contribution in [1.29, 1.82) is 0 Å². The van der Waals surface area contributed by atoms with Gasteiger partial charge in [-0.3, -0.25) is 9.59 Å². The summed E-state index contributed by atoms with van der Waals surface area (Å²) < 4.78 is 1.74. The number of hydrogen-bond acceptors (Lipinski definition) is 3. The van der Waals surface area contributed by atoms with Gasteiger partial charge in [0.1, 0.15) is 12.4 Å². The van der Waals surface area contributed by atoms with Crippen molar-refractivity contribution in [3.05, 3.63) is 83.6 Å². The van der Waals surface area contributed by atoms with Gasteiger partial charge in [0.05, 0.1) is 11.4 Å². The van der Waals surface area contributed by atoms with Crippen LogP contribution in [0.15, 0.2) is 66.7 Å². The molecule has 6 heteroatoms. The van der Waals surface area contributed by atoms with Crippen molar-refractivity contribution >= 4 is 23.7 Å². The molecule has 0 atom stereocenters. The lowest BCUT2D eigenvalue weighted by atomic mass is 9.92. The van der Waals surface area contributed by atoms with Gasteiger partial charge in [-0.15, -0.1) is 0 Å². The van der Waals surface area contributed by atoms with Crippen LogP contribution in [-0.2, 0) is 15.0 Å². The maximum atomic E-state index is 12.9. The van der Waals surface area contributed by atoms with Gasteiger partial charge in [-0.1, -0.05) is 68.8 Å². The lowest BCUT2D eigenvalue weighted by Crippen LogP contribution is -2.37. The van der Waals surface area contributed by atoms with E-state index in [1.165, 1.54) is 11.0 Å². The number of anilines is 1. The molecule has 0 unspecified atom stereocenters. The van der Waals surface area contributed by atoms with Crippen molar-refractivity contribution in [3.63, 3.8) is 0 Å². The monoisotopic (exact) mass is 444 g/mol. The molecule has 0 radical (unpaired) electrons. The molecular weight excluding hydrogens is 412 g/mol. The van der Waals surface area contributed by atoms with Crippen molar-refractivity contribution in [3.8, 4) is 5.69 Å². The third-order valence-electron chi connectivity index (χ3n) is 5.27. The second-order valence-electron chi connectivity index (χ2n) is 9.06. The maximum Gasteiger partial charge on any atom is 0.247 e. The summed E-state index contributed by atoms with van der Waals surface area (Å²) in [6.45, 7) is 10.5. The Morgan fingerprint density at radius 2 is 1.73 bits per heavy atom. The number of amides is 2. The number of hydrogen-bond donors (Lipinski definition) is 1. The highest BCUT2D eigenvalue weighted by Gasteiger charge is 2.22.